The second kappa shape index (κ2) is 15.8. The number of nitrogens with one attached hydrogen (secondary N) is 2. The monoisotopic (exact) mass is 610 g/mol. The molecule has 238 valence electrons. The maximum atomic E-state index is 14.1. The molecule has 0 unspecified atom stereocenters. The molecule has 0 saturated heterocycles. The topological polar surface area (TPSA) is 138 Å². The number of nitrogens with zero attached hydrogens (tertiary/aromatic N) is 2. The molecule has 1 fully saturated rings. The van der Waals surface area contributed by atoms with Gasteiger partial charge in [0.1, 0.15) is 5.75 Å². The predicted octanol–water partition coefficient (Wildman–Crippen LogP) is 3.83. The summed E-state index contributed by atoms with van der Waals surface area (Å²) in [6.07, 6.45) is 8.38. The molecular weight excluding hydrogens is 560 g/mol. The molecule has 1 heterocycles. The van der Waals surface area contributed by atoms with Gasteiger partial charge in [0, 0.05) is 44.4 Å². The van der Waals surface area contributed by atoms with Gasteiger partial charge in [-0.1, -0.05) is 26.2 Å². The summed E-state index contributed by atoms with van der Waals surface area (Å²) < 4.78 is 38.8. The molecule has 1 aliphatic carbocycles. The summed E-state index contributed by atoms with van der Waals surface area (Å²) in [5.41, 5.74) is 0.458. The van der Waals surface area contributed by atoms with Crippen LogP contribution < -0.4 is 14.8 Å². The van der Waals surface area contributed by atoms with Crippen LogP contribution in [0.15, 0.2) is 18.2 Å². The number of aliphatic hydroxyl groups excluding tert-OH is 1. The third kappa shape index (κ3) is 10.3. The van der Waals surface area contributed by atoms with E-state index >= 15 is 0 Å². The van der Waals surface area contributed by atoms with Gasteiger partial charge in [-0.3, -0.25) is 9.52 Å². The maximum absolute atomic E-state index is 14.1. The van der Waals surface area contributed by atoms with Gasteiger partial charge in [-0.25, -0.2) is 13.2 Å². The number of anilines is 1. The standard InChI is InChI=1S/C30H50N4O7S/c1-21-18-34(22(2)20-35)29(36)26-17-25(32-42(5,38)39)14-15-27(26)41-23(3)11-9-10-16-40-28(21)19-33(4)30(37)31-24-12-7-6-8-13-24/h14-15,17,21-24,28,32,35H,6-13,16,18-20H2,1-5H3,(H,31,37)/t21-,22+,23-,28+/m1/s1. The molecule has 12 heteroatoms. The van der Waals surface area contributed by atoms with Crippen molar-refractivity contribution in [2.24, 2.45) is 5.92 Å². The van der Waals surface area contributed by atoms with E-state index in [2.05, 4.69) is 10.0 Å². The molecule has 2 aliphatic rings. The summed E-state index contributed by atoms with van der Waals surface area (Å²) in [6.45, 7) is 6.53. The normalized spacial score (nSPS) is 24.1. The highest BCUT2D eigenvalue weighted by Crippen LogP contribution is 2.29. The lowest BCUT2D eigenvalue weighted by molar-refractivity contribution is -0.0123. The minimum absolute atomic E-state index is 0.125. The lowest BCUT2D eigenvalue weighted by Gasteiger charge is -2.36. The van der Waals surface area contributed by atoms with Crippen molar-refractivity contribution in [2.75, 3.05) is 44.3 Å². The van der Waals surface area contributed by atoms with E-state index in [4.69, 9.17) is 9.47 Å². The minimum Gasteiger partial charge on any atom is -0.490 e. The van der Waals surface area contributed by atoms with Crippen LogP contribution in [0.3, 0.4) is 0 Å². The molecule has 1 saturated carbocycles. The summed E-state index contributed by atoms with van der Waals surface area (Å²) in [6, 6.07) is 4.21. The lowest BCUT2D eigenvalue weighted by Crippen LogP contribution is -2.50. The summed E-state index contributed by atoms with van der Waals surface area (Å²) >= 11 is 0. The number of sulfonamides is 1. The summed E-state index contributed by atoms with van der Waals surface area (Å²) in [4.78, 5) is 30.3. The van der Waals surface area contributed by atoms with Crippen LogP contribution in [-0.4, -0.2) is 99.2 Å². The van der Waals surface area contributed by atoms with Crippen LogP contribution in [0.25, 0.3) is 0 Å². The zero-order valence-corrected chi connectivity index (χ0v) is 26.6. The van der Waals surface area contributed by atoms with Crippen molar-refractivity contribution in [3.05, 3.63) is 23.8 Å². The molecular formula is C30H50N4O7S. The lowest BCUT2D eigenvalue weighted by atomic mass is 9.96. The van der Waals surface area contributed by atoms with Gasteiger partial charge in [0.15, 0.2) is 0 Å². The highest BCUT2D eigenvalue weighted by molar-refractivity contribution is 7.92. The number of fused-ring (bicyclic) bond motifs is 1. The molecule has 3 amide bonds. The third-order valence-corrected chi connectivity index (χ3v) is 8.69. The smallest absolute Gasteiger partial charge is 0.317 e. The number of aliphatic hydroxyl groups is 1. The quantitative estimate of drug-likeness (QED) is 0.427. The molecule has 42 heavy (non-hydrogen) atoms. The molecule has 0 aromatic heterocycles. The van der Waals surface area contributed by atoms with Gasteiger partial charge in [-0.15, -0.1) is 0 Å². The molecule has 3 rings (SSSR count). The Bertz CT molecular complexity index is 1140. The largest absolute Gasteiger partial charge is 0.490 e. The van der Waals surface area contributed by atoms with Gasteiger partial charge in [0.05, 0.1) is 36.7 Å². The first-order valence-corrected chi connectivity index (χ1v) is 17.1. The number of ether oxygens (including phenoxy) is 2. The van der Waals surface area contributed by atoms with Crippen molar-refractivity contribution in [1.82, 2.24) is 15.1 Å². The first-order chi connectivity index (χ1) is 19.9. The van der Waals surface area contributed by atoms with Crippen molar-refractivity contribution >= 4 is 27.6 Å². The van der Waals surface area contributed by atoms with Gasteiger partial charge in [0.25, 0.3) is 5.91 Å². The maximum Gasteiger partial charge on any atom is 0.317 e. The van der Waals surface area contributed by atoms with E-state index in [1.165, 1.54) is 12.5 Å². The fourth-order valence-corrected chi connectivity index (χ4v) is 6.10. The van der Waals surface area contributed by atoms with Crippen molar-refractivity contribution in [2.45, 2.75) is 96.4 Å². The predicted molar refractivity (Wildman–Crippen MR) is 163 cm³/mol. The van der Waals surface area contributed by atoms with Gasteiger partial charge in [-0.05, 0) is 64.2 Å². The van der Waals surface area contributed by atoms with Gasteiger partial charge >= 0.3 is 6.03 Å². The highest BCUT2D eigenvalue weighted by Gasteiger charge is 2.31. The summed E-state index contributed by atoms with van der Waals surface area (Å²) in [5, 5.41) is 13.2. The van der Waals surface area contributed by atoms with Crippen LogP contribution in [-0.2, 0) is 14.8 Å². The zero-order valence-electron chi connectivity index (χ0n) is 25.8. The van der Waals surface area contributed by atoms with E-state index in [1.54, 1.807) is 35.9 Å². The van der Waals surface area contributed by atoms with Crippen LogP contribution in [0, 0.1) is 5.92 Å². The van der Waals surface area contributed by atoms with E-state index < -0.39 is 16.1 Å². The summed E-state index contributed by atoms with van der Waals surface area (Å²) in [5.74, 6) is -0.211. The molecule has 0 radical (unpaired) electrons. The van der Waals surface area contributed by atoms with E-state index in [0.717, 1.165) is 51.2 Å². The van der Waals surface area contributed by atoms with E-state index in [9.17, 15) is 23.1 Å². The number of carbonyl (C=O) groups is 2. The first-order valence-electron chi connectivity index (χ1n) is 15.2. The molecule has 0 spiro atoms. The van der Waals surface area contributed by atoms with Crippen LogP contribution in [0.1, 0.15) is 82.5 Å². The molecule has 1 aliphatic heterocycles. The average Bonchev–Trinajstić information content (AvgIpc) is 2.94. The van der Waals surface area contributed by atoms with E-state index in [-0.39, 0.29) is 60.5 Å². The van der Waals surface area contributed by atoms with E-state index in [0.29, 0.717) is 18.9 Å². The van der Waals surface area contributed by atoms with Crippen molar-refractivity contribution in [3.63, 3.8) is 0 Å². The number of rotatable bonds is 7. The molecule has 1 aromatic rings. The minimum atomic E-state index is -3.57. The van der Waals surface area contributed by atoms with Crippen LogP contribution in [0.2, 0.25) is 0 Å². The molecule has 11 nitrogen and oxygen atoms in total. The molecule has 1 aromatic carbocycles. The van der Waals surface area contributed by atoms with Crippen LogP contribution in [0.4, 0.5) is 10.5 Å². The highest BCUT2D eigenvalue weighted by atomic mass is 32.2. The number of hydrogen-bond donors (Lipinski definition) is 3. The number of likely N-dealkylation sites (N-methyl/N-ethyl adjacent to an activating group) is 1. The first kappa shape index (κ1) is 33.9. The number of carbonyl (C=O) groups excluding carboxylic acids is 2. The number of urea groups is 1. The van der Waals surface area contributed by atoms with Crippen LogP contribution >= 0.6 is 0 Å². The molecule has 3 N–H and O–H groups in total. The van der Waals surface area contributed by atoms with E-state index in [1.807, 2.05) is 13.8 Å². The second-order valence-corrected chi connectivity index (χ2v) is 13.8. The Labute approximate surface area is 251 Å². The Morgan fingerprint density at radius 3 is 2.50 bits per heavy atom. The fraction of sp³-hybridized carbons (Fsp3) is 0.733. The SMILES string of the molecule is C[C@@H]1CCCCO[C@@H](CN(C)C(=O)NC2CCCCC2)[C@H](C)CN([C@@H](C)CO)C(=O)c2cc(NS(C)(=O)=O)ccc2O1. The Morgan fingerprint density at radius 1 is 1.14 bits per heavy atom. The average molecular weight is 611 g/mol. The molecule has 4 atom stereocenters. The Kier molecular flexibility index (Phi) is 12.7. The van der Waals surface area contributed by atoms with Crippen molar-refractivity contribution in [1.29, 1.82) is 0 Å². The molecule has 0 bridgehead atoms. The number of benzene rings is 1. The number of hydrogen-bond acceptors (Lipinski definition) is 7. The Morgan fingerprint density at radius 2 is 1.83 bits per heavy atom. The fourth-order valence-electron chi connectivity index (χ4n) is 5.55. The number of amides is 3. The Hall–Kier alpha value is -2.57. The second-order valence-electron chi connectivity index (χ2n) is 12.0. The van der Waals surface area contributed by atoms with Gasteiger partial charge in [-0.2, -0.15) is 0 Å². The van der Waals surface area contributed by atoms with Crippen LogP contribution in [0.5, 0.6) is 5.75 Å². The Balaban J connectivity index is 1.88. The zero-order chi connectivity index (χ0) is 30.9. The van der Waals surface area contributed by atoms with Crippen molar-refractivity contribution in [3.8, 4) is 5.75 Å². The van der Waals surface area contributed by atoms with Crippen molar-refractivity contribution < 1.29 is 32.6 Å². The summed E-state index contributed by atoms with van der Waals surface area (Å²) in [7, 11) is -1.80. The third-order valence-electron chi connectivity index (χ3n) is 8.09. The van der Waals surface area contributed by atoms with Gasteiger partial charge in [0.2, 0.25) is 10.0 Å². The van der Waals surface area contributed by atoms with Gasteiger partial charge < -0.3 is 29.7 Å².